The van der Waals surface area contributed by atoms with Crippen molar-refractivity contribution in [3.05, 3.63) is 29.8 Å². The number of nitrogens with one attached hydrogen (secondary N) is 1. The molecule has 0 fully saturated rings. The van der Waals surface area contributed by atoms with E-state index in [1.165, 1.54) is 0 Å². The quantitative estimate of drug-likeness (QED) is 0.505. The number of nitrogens with zero attached hydrogens (tertiary/aromatic N) is 2. The van der Waals surface area contributed by atoms with Gasteiger partial charge >= 0.3 is 5.97 Å². The Morgan fingerprint density at radius 2 is 2.41 bits per heavy atom. The molecule has 5 nitrogen and oxygen atoms in total. The lowest BCUT2D eigenvalue weighted by Crippen LogP contribution is -2.13. The fraction of sp³-hybridized carbons (Fsp3) is 0.182. The van der Waals surface area contributed by atoms with Crippen LogP contribution in [0.4, 0.5) is 5.69 Å². The zero-order valence-corrected chi connectivity index (χ0v) is 9.86. The van der Waals surface area contributed by atoms with Crippen LogP contribution in [0.2, 0.25) is 0 Å². The van der Waals surface area contributed by atoms with Crippen LogP contribution in [-0.2, 0) is 9.53 Å². The summed E-state index contributed by atoms with van der Waals surface area (Å²) in [6.45, 7) is 1.90. The molecule has 88 valence electrons. The van der Waals surface area contributed by atoms with Gasteiger partial charge in [0.05, 0.1) is 23.9 Å². The molecular formula is C11H10ClN3O2. The third-order valence-corrected chi connectivity index (χ3v) is 1.96. The van der Waals surface area contributed by atoms with Crippen molar-refractivity contribution >= 4 is 28.4 Å². The van der Waals surface area contributed by atoms with Gasteiger partial charge in [0.1, 0.15) is 0 Å². The van der Waals surface area contributed by atoms with Gasteiger partial charge in [-0.1, -0.05) is 17.7 Å². The van der Waals surface area contributed by atoms with E-state index in [9.17, 15) is 4.79 Å². The maximum absolute atomic E-state index is 11.1. The van der Waals surface area contributed by atoms with E-state index < -0.39 is 5.97 Å². The Labute approximate surface area is 104 Å². The first-order valence-corrected chi connectivity index (χ1v) is 5.21. The minimum atomic E-state index is -0.696. The van der Waals surface area contributed by atoms with E-state index in [0.29, 0.717) is 11.3 Å². The molecule has 17 heavy (non-hydrogen) atoms. The lowest BCUT2D eigenvalue weighted by atomic mass is 10.2. The molecule has 0 heterocycles. The first-order chi connectivity index (χ1) is 8.17. The normalized spacial score (nSPS) is 10.5. The minimum absolute atomic E-state index is 0.231. The van der Waals surface area contributed by atoms with Crippen molar-refractivity contribution in [3.63, 3.8) is 0 Å². The van der Waals surface area contributed by atoms with Crippen molar-refractivity contribution in [2.45, 2.75) is 6.92 Å². The number of ether oxygens (including phenoxy) is 1. The maximum atomic E-state index is 11.1. The lowest BCUT2D eigenvalue weighted by molar-refractivity contribution is -0.134. The molecule has 0 bridgehead atoms. The Morgan fingerprint density at radius 3 is 3.06 bits per heavy atom. The van der Waals surface area contributed by atoms with Crippen LogP contribution in [-0.4, -0.2) is 17.7 Å². The van der Waals surface area contributed by atoms with Crippen LogP contribution in [0.5, 0.6) is 0 Å². The Hall–Kier alpha value is -2.06. The van der Waals surface area contributed by atoms with Gasteiger partial charge in [-0.2, -0.15) is 10.4 Å². The predicted octanol–water partition coefficient (Wildman–Crippen LogP) is 2.09. The van der Waals surface area contributed by atoms with E-state index in [0.717, 1.165) is 0 Å². The molecule has 1 aromatic rings. The topological polar surface area (TPSA) is 74.5 Å². The fourth-order valence-electron chi connectivity index (χ4n) is 1.01. The van der Waals surface area contributed by atoms with E-state index >= 15 is 0 Å². The number of anilines is 1. The Bertz CT molecular complexity index is 480. The molecule has 0 radical (unpaired) electrons. The van der Waals surface area contributed by atoms with Gasteiger partial charge in [-0.3, -0.25) is 5.43 Å². The van der Waals surface area contributed by atoms with Crippen LogP contribution in [0.3, 0.4) is 0 Å². The molecule has 0 atom stereocenters. The Kier molecular flexibility index (Phi) is 4.98. The number of hydrogen-bond donors (Lipinski definition) is 1. The molecule has 0 aliphatic heterocycles. The van der Waals surface area contributed by atoms with Gasteiger partial charge in [0.2, 0.25) is 5.17 Å². The Balaban J connectivity index is 2.69. The molecule has 0 saturated carbocycles. The molecule has 0 amide bonds. The highest BCUT2D eigenvalue weighted by atomic mass is 35.5. The summed E-state index contributed by atoms with van der Waals surface area (Å²) in [5, 5.41) is 12.0. The van der Waals surface area contributed by atoms with Crippen LogP contribution in [0.15, 0.2) is 29.4 Å². The molecule has 0 aliphatic rings. The van der Waals surface area contributed by atoms with Crippen molar-refractivity contribution < 1.29 is 9.53 Å². The Morgan fingerprint density at radius 1 is 1.65 bits per heavy atom. The molecule has 6 heteroatoms. The van der Waals surface area contributed by atoms with Gasteiger partial charge < -0.3 is 4.74 Å². The second-order valence-corrected chi connectivity index (χ2v) is 3.29. The van der Waals surface area contributed by atoms with E-state index in [1.54, 1.807) is 31.2 Å². The minimum Gasteiger partial charge on any atom is -0.461 e. The summed E-state index contributed by atoms with van der Waals surface area (Å²) in [5.41, 5.74) is 3.61. The van der Waals surface area contributed by atoms with E-state index in [2.05, 4.69) is 15.3 Å². The summed E-state index contributed by atoms with van der Waals surface area (Å²) in [6, 6.07) is 8.61. The fourth-order valence-corrected chi connectivity index (χ4v) is 1.11. The molecular weight excluding hydrogens is 242 g/mol. The molecule has 0 aliphatic carbocycles. The average molecular weight is 252 g/mol. The average Bonchev–Trinajstić information content (AvgIpc) is 2.36. The molecule has 1 aromatic carbocycles. The van der Waals surface area contributed by atoms with Gasteiger partial charge in [0, 0.05) is 0 Å². The van der Waals surface area contributed by atoms with Crippen LogP contribution < -0.4 is 5.43 Å². The highest BCUT2D eigenvalue weighted by molar-refractivity contribution is 6.82. The van der Waals surface area contributed by atoms with Crippen molar-refractivity contribution in [2.24, 2.45) is 5.10 Å². The van der Waals surface area contributed by atoms with Gasteiger partial charge in [-0.05, 0) is 25.1 Å². The number of halogens is 1. The zero-order chi connectivity index (χ0) is 12.7. The zero-order valence-electron chi connectivity index (χ0n) is 9.11. The van der Waals surface area contributed by atoms with Crippen molar-refractivity contribution in [1.29, 1.82) is 5.26 Å². The highest BCUT2D eigenvalue weighted by Crippen LogP contribution is 2.09. The SMILES string of the molecule is CCOC(=O)/C(Cl)=N/Nc1cccc(C#N)c1. The smallest absolute Gasteiger partial charge is 0.370 e. The number of carbonyl (C=O) groups is 1. The van der Waals surface area contributed by atoms with E-state index in [-0.39, 0.29) is 11.8 Å². The van der Waals surface area contributed by atoms with Gasteiger partial charge in [0.25, 0.3) is 0 Å². The molecule has 0 unspecified atom stereocenters. The summed E-state index contributed by atoms with van der Waals surface area (Å²) >= 11 is 5.58. The van der Waals surface area contributed by atoms with Crippen molar-refractivity contribution in [1.82, 2.24) is 0 Å². The van der Waals surface area contributed by atoms with E-state index in [1.807, 2.05) is 6.07 Å². The number of benzene rings is 1. The van der Waals surface area contributed by atoms with Crippen molar-refractivity contribution in [3.8, 4) is 6.07 Å². The summed E-state index contributed by atoms with van der Waals surface area (Å²) in [7, 11) is 0. The maximum Gasteiger partial charge on any atom is 0.370 e. The van der Waals surface area contributed by atoms with Crippen LogP contribution in [0, 0.1) is 11.3 Å². The van der Waals surface area contributed by atoms with E-state index in [4.69, 9.17) is 16.9 Å². The number of esters is 1. The third-order valence-electron chi connectivity index (χ3n) is 1.72. The number of nitriles is 1. The second kappa shape index (κ2) is 6.51. The number of hydrazone groups is 1. The van der Waals surface area contributed by atoms with Gasteiger partial charge in [-0.15, -0.1) is 0 Å². The molecule has 0 spiro atoms. The number of rotatable bonds is 4. The standard InChI is InChI=1S/C11H10ClN3O2/c1-2-17-11(16)10(12)15-14-9-5-3-4-8(6-9)7-13/h3-6,14H,2H2,1H3/b15-10-. The monoisotopic (exact) mass is 251 g/mol. The number of hydrogen-bond acceptors (Lipinski definition) is 5. The summed E-state index contributed by atoms with van der Waals surface area (Å²) < 4.78 is 4.64. The highest BCUT2D eigenvalue weighted by Gasteiger charge is 2.08. The van der Waals surface area contributed by atoms with Crippen LogP contribution in [0.1, 0.15) is 12.5 Å². The summed E-state index contributed by atoms with van der Waals surface area (Å²) in [6.07, 6.45) is 0. The third kappa shape index (κ3) is 4.13. The summed E-state index contributed by atoms with van der Waals surface area (Å²) in [4.78, 5) is 11.1. The second-order valence-electron chi connectivity index (χ2n) is 2.93. The van der Waals surface area contributed by atoms with Crippen LogP contribution >= 0.6 is 11.6 Å². The molecule has 0 aromatic heterocycles. The predicted molar refractivity (Wildman–Crippen MR) is 64.7 cm³/mol. The first kappa shape index (κ1) is 13.0. The van der Waals surface area contributed by atoms with Gasteiger partial charge in [-0.25, -0.2) is 4.79 Å². The number of carbonyl (C=O) groups excluding carboxylic acids is 1. The largest absolute Gasteiger partial charge is 0.461 e. The molecule has 1 rings (SSSR count). The molecule has 0 saturated heterocycles. The first-order valence-electron chi connectivity index (χ1n) is 4.84. The van der Waals surface area contributed by atoms with Crippen molar-refractivity contribution in [2.75, 3.05) is 12.0 Å². The lowest BCUT2D eigenvalue weighted by Gasteiger charge is -2.02. The van der Waals surface area contributed by atoms with Crippen LogP contribution in [0.25, 0.3) is 0 Å². The summed E-state index contributed by atoms with van der Waals surface area (Å²) in [5.74, 6) is -0.696. The van der Waals surface area contributed by atoms with Gasteiger partial charge in [0.15, 0.2) is 0 Å². The molecule has 1 N–H and O–H groups in total.